The van der Waals surface area contributed by atoms with Gasteiger partial charge in [0.25, 0.3) is 0 Å². The zero-order valence-corrected chi connectivity index (χ0v) is 13.7. The molecule has 2 aromatic carbocycles. The summed E-state index contributed by atoms with van der Waals surface area (Å²) in [4.78, 5) is 17.1. The molecule has 1 heterocycles. The molecule has 0 saturated heterocycles. The zero-order valence-electron chi connectivity index (χ0n) is 12.9. The Hall–Kier alpha value is -2.41. The Morgan fingerprint density at radius 2 is 1.88 bits per heavy atom. The maximum Gasteiger partial charge on any atom is 0.230 e. The molecule has 3 aromatic rings. The summed E-state index contributed by atoms with van der Waals surface area (Å²) in [5.41, 5.74) is 1.36. The number of nitrogens with one attached hydrogen (secondary N) is 1. The van der Waals surface area contributed by atoms with Crippen molar-refractivity contribution in [3.8, 4) is 0 Å². The van der Waals surface area contributed by atoms with Crippen LogP contribution in [0.2, 0.25) is 0 Å². The molecule has 0 radical (unpaired) electrons. The summed E-state index contributed by atoms with van der Waals surface area (Å²) in [5, 5.41) is 2.79. The zero-order chi connectivity index (χ0) is 17.1. The van der Waals surface area contributed by atoms with Gasteiger partial charge in [-0.05, 0) is 36.4 Å². The van der Waals surface area contributed by atoms with Gasteiger partial charge in [-0.25, -0.2) is 13.8 Å². The van der Waals surface area contributed by atoms with E-state index in [-0.39, 0.29) is 29.8 Å². The Kier molecular flexibility index (Phi) is 4.80. The van der Waals surface area contributed by atoms with Crippen LogP contribution in [0.3, 0.4) is 0 Å². The van der Waals surface area contributed by atoms with Crippen LogP contribution < -0.4 is 5.32 Å². The summed E-state index contributed by atoms with van der Waals surface area (Å²) in [5.74, 6) is 0.0803. The number of carbonyl (C=O) groups excluding carboxylic acids is 1. The maximum absolute atomic E-state index is 13.2. The van der Waals surface area contributed by atoms with Crippen LogP contribution >= 0.6 is 11.8 Å². The summed E-state index contributed by atoms with van der Waals surface area (Å²) >= 11 is 1.33. The summed E-state index contributed by atoms with van der Waals surface area (Å²) in [6.45, 7) is 0.260. The lowest BCUT2D eigenvalue weighted by molar-refractivity contribution is -0.118. The molecule has 7 heteroatoms. The van der Waals surface area contributed by atoms with Gasteiger partial charge >= 0.3 is 0 Å². The molecule has 0 saturated carbocycles. The van der Waals surface area contributed by atoms with Crippen molar-refractivity contribution in [3.05, 3.63) is 59.9 Å². The molecule has 0 aliphatic rings. The van der Waals surface area contributed by atoms with Crippen molar-refractivity contribution in [2.24, 2.45) is 7.05 Å². The van der Waals surface area contributed by atoms with Crippen LogP contribution in [0.1, 0.15) is 5.82 Å². The Balaban J connectivity index is 1.58. The first-order valence-electron chi connectivity index (χ1n) is 7.29. The van der Waals surface area contributed by atoms with Gasteiger partial charge in [0.05, 0.1) is 23.3 Å². The molecule has 0 atom stereocenters. The van der Waals surface area contributed by atoms with E-state index in [1.807, 2.05) is 11.6 Å². The lowest BCUT2D eigenvalue weighted by Crippen LogP contribution is -2.26. The van der Waals surface area contributed by atoms with Crippen molar-refractivity contribution in [2.45, 2.75) is 11.4 Å². The molecule has 0 spiro atoms. The standard InChI is InChI=1S/C17H15F2N3OS/c1-22-15-7-4-12(19)8-14(15)21-16(22)9-20-17(23)10-24-13-5-2-11(18)3-6-13/h2-8H,9-10H2,1H3,(H,20,23). The van der Waals surface area contributed by atoms with E-state index < -0.39 is 0 Å². The summed E-state index contributed by atoms with van der Waals surface area (Å²) in [6.07, 6.45) is 0. The van der Waals surface area contributed by atoms with Gasteiger partial charge in [-0.1, -0.05) is 0 Å². The number of carbonyl (C=O) groups is 1. The Labute approximate surface area is 141 Å². The highest BCUT2D eigenvalue weighted by atomic mass is 32.2. The number of fused-ring (bicyclic) bond motifs is 1. The van der Waals surface area contributed by atoms with Crippen molar-refractivity contribution in [1.82, 2.24) is 14.9 Å². The summed E-state index contributed by atoms with van der Waals surface area (Å²) in [6, 6.07) is 10.4. The topological polar surface area (TPSA) is 46.9 Å². The Morgan fingerprint density at radius 3 is 2.62 bits per heavy atom. The van der Waals surface area contributed by atoms with Crippen molar-refractivity contribution in [1.29, 1.82) is 0 Å². The lowest BCUT2D eigenvalue weighted by atomic mass is 10.3. The van der Waals surface area contributed by atoms with E-state index in [4.69, 9.17) is 0 Å². The van der Waals surface area contributed by atoms with Crippen LogP contribution in [0.5, 0.6) is 0 Å². The number of benzene rings is 2. The molecule has 3 rings (SSSR count). The molecule has 4 nitrogen and oxygen atoms in total. The molecular formula is C17H15F2N3OS. The van der Waals surface area contributed by atoms with Gasteiger partial charge in [0.1, 0.15) is 17.5 Å². The SMILES string of the molecule is Cn1c(CNC(=O)CSc2ccc(F)cc2)nc2cc(F)ccc21. The maximum atomic E-state index is 13.2. The van der Waals surface area contributed by atoms with Gasteiger partial charge < -0.3 is 9.88 Å². The van der Waals surface area contributed by atoms with Gasteiger partial charge in [-0.15, -0.1) is 11.8 Å². The molecule has 124 valence electrons. The van der Waals surface area contributed by atoms with E-state index in [2.05, 4.69) is 10.3 Å². The van der Waals surface area contributed by atoms with Crippen molar-refractivity contribution in [2.75, 3.05) is 5.75 Å². The summed E-state index contributed by atoms with van der Waals surface area (Å²) in [7, 11) is 1.82. The fraction of sp³-hybridized carbons (Fsp3) is 0.176. The normalized spacial score (nSPS) is 11.0. The second-order valence-electron chi connectivity index (χ2n) is 5.24. The molecule has 0 aliphatic carbocycles. The van der Waals surface area contributed by atoms with Crippen LogP contribution in [0, 0.1) is 11.6 Å². The van der Waals surface area contributed by atoms with E-state index >= 15 is 0 Å². The van der Waals surface area contributed by atoms with E-state index in [9.17, 15) is 13.6 Å². The predicted molar refractivity (Wildman–Crippen MR) is 89.6 cm³/mol. The highest BCUT2D eigenvalue weighted by molar-refractivity contribution is 8.00. The molecule has 24 heavy (non-hydrogen) atoms. The molecule has 1 aromatic heterocycles. The minimum Gasteiger partial charge on any atom is -0.348 e. The number of hydrogen-bond donors (Lipinski definition) is 1. The van der Waals surface area contributed by atoms with Gasteiger partial charge in [0.15, 0.2) is 0 Å². The fourth-order valence-electron chi connectivity index (χ4n) is 2.29. The van der Waals surface area contributed by atoms with E-state index in [0.29, 0.717) is 11.3 Å². The first kappa shape index (κ1) is 16.4. The quantitative estimate of drug-likeness (QED) is 0.721. The molecule has 0 aliphatic heterocycles. The minimum absolute atomic E-state index is 0.150. The number of halogens is 2. The summed E-state index contributed by atoms with van der Waals surface area (Å²) < 4.78 is 27.9. The van der Waals surface area contributed by atoms with E-state index in [1.54, 1.807) is 18.2 Å². The van der Waals surface area contributed by atoms with Crippen molar-refractivity contribution < 1.29 is 13.6 Å². The molecule has 1 amide bonds. The fourth-order valence-corrected chi connectivity index (χ4v) is 3.02. The third kappa shape index (κ3) is 3.73. The van der Waals surface area contributed by atoms with Gasteiger partial charge in [-0.2, -0.15) is 0 Å². The minimum atomic E-state index is -0.341. The average molecular weight is 347 g/mol. The van der Waals surface area contributed by atoms with E-state index in [0.717, 1.165) is 10.4 Å². The smallest absolute Gasteiger partial charge is 0.230 e. The second kappa shape index (κ2) is 7.00. The first-order valence-corrected chi connectivity index (χ1v) is 8.27. The monoisotopic (exact) mass is 347 g/mol. The number of aryl methyl sites for hydroxylation is 1. The van der Waals surface area contributed by atoms with Gasteiger partial charge in [0, 0.05) is 18.0 Å². The number of imidazole rings is 1. The van der Waals surface area contributed by atoms with Crippen LogP contribution in [-0.4, -0.2) is 21.2 Å². The number of amides is 1. The highest BCUT2D eigenvalue weighted by Crippen LogP contribution is 2.18. The first-order chi connectivity index (χ1) is 11.5. The number of nitrogens with zero attached hydrogens (tertiary/aromatic N) is 2. The Bertz CT molecular complexity index is 877. The molecule has 1 N–H and O–H groups in total. The van der Waals surface area contributed by atoms with Gasteiger partial charge in [-0.3, -0.25) is 4.79 Å². The van der Waals surface area contributed by atoms with Crippen molar-refractivity contribution >= 4 is 28.7 Å². The van der Waals surface area contributed by atoms with E-state index in [1.165, 1.54) is 36.0 Å². The molecule has 0 bridgehead atoms. The van der Waals surface area contributed by atoms with Crippen LogP contribution in [0.15, 0.2) is 47.4 Å². The van der Waals surface area contributed by atoms with Crippen LogP contribution in [-0.2, 0) is 18.4 Å². The number of hydrogen-bond acceptors (Lipinski definition) is 3. The third-order valence-corrected chi connectivity index (χ3v) is 4.57. The van der Waals surface area contributed by atoms with Crippen molar-refractivity contribution in [3.63, 3.8) is 0 Å². The average Bonchev–Trinajstić information content (AvgIpc) is 2.87. The molecule has 0 unspecified atom stereocenters. The largest absolute Gasteiger partial charge is 0.348 e. The molecular weight excluding hydrogens is 332 g/mol. The highest BCUT2D eigenvalue weighted by Gasteiger charge is 2.10. The lowest BCUT2D eigenvalue weighted by Gasteiger charge is -2.06. The van der Waals surface area contributed by atoms with Crippen LogP contribution in [0.25, 0.3) is 11.0 Å². The number of rotatable bonds is 5. The number of thioether (sulfide) groups is 1. The third-order valence-electron chi connectivity index (χ3n) is 3.56. The molecule has 0 fully saturated rings. The Morgan fingerprint density at radius 1 is 1.17 bits per heavy atom. The number of aromatic nitrogens is 2. The second-order valence-corrected chi connectivity index (χ2v) is 6.29. The predicted octanol–water partition coefficient (Wildman–Crippen LogP) is 3.26. The van der Waals surface area contributed by atoms with Gasteiger partial charge in [0.2, 0.25) is 5.91 Å². The van der Waals surface area contributed by atoms with Crippen LogP contribution in [0.4, 0.5) is 8.78 Å².